The Kier molecular flexibility index (Phi) is 10.8. The molecule has 0 saturated heterocycles. The van der Waals surface area contributed by atoms with Crippen LogP contribution in [0.2, 0.25) is 0 Å². The number of rotatable bonds is 7. The van der Waals surface area contributed by atoms with Crippen LogP contribution in [0.15, 0.2) is 128 Å². The van der Waals surface area contributed by atoms with Crippen LogP contribution in [0.1, 0.15) is 77.0 Å². The molecule has 286 valence electrons. The van der Waals surface area contributed by atoms with Crippen LogP contribution in [0, 0.1) is 12.6 Å². The summed E-state index contributed by atoms with van der Waals surface area (Å²) in [6, 6.07) is 44.9. The van der Waals surface area contributed by atoms with Gasteiger partial charge in [-0.25, -0.2) is 9.83 Å². The molecule has 0 fully saturated rings. The third-order valence-electron chi connectivity index (χ3n) is 10.7. The van der Waals surface area contributed by atoms with E-state index in [0.29, 0.717) is 17.1 Å². The van der Waals surface area contributed by atoms with Crippen molar-refractivity contribution >= 4 is 27.5 Å². The first kappa shape index (κ1) is 39.4. The minimum absolute atomic E-state index is 0. The molecule has 6 heteroatoms. The summed E-state index contributed by atoms with van der Waals surface area (Å²) in [4.78, 5) is 14.4. The fourth-order valence-electron chi connectivity index (χ4n) is 7.72. The zero-order chi connectivity index (χ0) is 39.3. The number of pyridine rings is 1. The van der Waals surface area contributed by atoms with E-state index >= 15 is 0 Å². The van der Waals surface area contributed by atoms with Crippen molar-refractivity contribution in [2.24, 2.45) is 0 Å². The normalized spacial score (nSPS) is 11.6. The number of aromatic nitrogens is 3. The minimum atomic E-state index is -0.198. The molecule has 0 aliphatic heterocycles. The summed E-state index contributed by atoms with van der Waals surface area (Å²) in [5.74, 6) is 1.18. The molecule has 57 heavy (non-hydrogen) atoms. The molecule has 2 aromatic heterocycles. The predicted octanol–water partition coefficient (Wildman–Crippen LogP) is 13.8. The fourth-order valence-corrected chi connectivity index (χ4v) is 7.72. The van der Waals surface area contributed by atoms with Crippen molar-refractivity contribution in [3.8, 4) is 56.3 Å². The predicted molar refractivity (Wildman–Crippen MR) is 232 cm³/mol. The Morgan fingerprint density at radius 1 is 0.719 bits per heavy atom. The summed E-state index contributed by atoms with van der Waals surface area (Å²) in [5, 5.41) is 13.7. The summed E-state index contributed by atoms with van der Waals surface area (Å²) >= 11 is 0. The number of fused-ring (bicyclic) bond motifs is 2. The standard InChI is InChI=1S/C51H45N4O.Pt/c1-31(2)40-19-14-20-41(32(3)4)48(40)55-46-30-39(52-8)29-44(47(46)54-50(55)43-22-21-34-17-12-13-18-42(34)49(43)56)36-25-37(27-38(26-36)51(5,6)7)45-28-35(23-24-53-45)33-15-10-9-11-16-33;/h9-24,26-32,56H,1-7H3;/q-1;. The Morgan fingerprint density at radius 3 is 2.09 bits per heavy atom. The van der Waals surface area contributed by atoms with Crippen LogP contribution in [-0.2, 0) is 26.5 Å². The SMILES string of the molecule is [C-]#[N+]c1cc(-c2[c-]c(-c3cc(-c4ccccc4)ccn3)cc(C(C)(C)C)c2)c2nc(-c3ccc4ccccc4c3O)n(-c3c(C(C)C)cccc3C(C)C)c2c1.[Pt]. The maximum atomic E-state index is 12.0. The summed E-state index contributed by atoms with van der Waals surface area (Å²) in [5.41, 5.74) is 12.4. The third kappa shape index (κ3) is 7.32. The number of nitrogens with zero attached hydrogens (tertiary/aromatic N) is 4. The van der Waals surface area contributed by atoms with E-state index in [1.54, 1.807) is 0 Å². The van der Waals surface area contributed by atoms with Crippen molar-refractivity contribution in [3.63, 3.8) is 0 Å². The molecule has 8 rings (SSSR count). The van der Waals surface area contributed by atoms with Gasteiger partial charge in [-0.2, -0.15) is 0 Å². The number of aromatic hydroxyl groups is 1. The van der Waals surface area contributed by atoms with E-state index in [0.717, 1.165) is 66.6 Å². The van der Waals surface area contributed by atoms with Gasteiger partial charge in [-0.1, -0.05) is 151 Å². The van der Waals surface area contributed by atoms with Gasteiger partial charge in [0.2, 0.25) is 0 Å². The van der Waals surface area contributed by atoms with E-state index in [4.69, 9.17) is 16.5 Å². The molecular weight excluding hydrogens is 880 g/mol. The number of benzene rings is 6. The molecule has 0 aliphatic carbocycles. The number of hydrogen-bond donors (Lipinski definition) is 1. The van der Waals surface area contributed by atoms with E-state index < -0.39 is 0 Å². The van der Waals surface area contributed by atoms with E-state index in [2.05, 4.69) is 112 Å². The van der Waals surface area contributed by atoms with Crippen LogP contribution < -0.4 is 0 Å². The number of imidazole rings is 1. The van der Waals surface area contributed by atoms with Crippen LogP contribution in [0.5, 0.6) is 5.75 Å². The molecule has 0 saturated carbocycles. The molecular formula is C51H45N4OPt-. The first-order valence-electron chi connectivity index (χ1n) is 19.3. The number of para-hydroxylation sites is 1. The molecule has 0 atom stereocenters. The Hall–Kier alpha value is -5.82. The van der Waals surface area contributed by atoms with Gasteiger partial charge in [-0.15, -0.1) is 29.3 Å². The van der Waals surface area contributed by atoms with Crippen LogP contribution >= 0.6 is 0 Å². The Labute approximate surface area is 350 Å². The van der Waals surface area contributed by atoms with E-state index in [1.807, 2.05) is 79.0 Å². The first-order valence-corrected chi connectivity index (χ1v) is 19.3. The molecule has 8 aromatic rings. The smallest absolute Gasteiger partial charge is 0.182 e. The molecule has 5 nitrogen and oxygen atoms in total. The van der Waals surface area contributed by atoms with Gasteiger partial charge in [-0.05, 0) is 63.1 Å². The zero-order valence-electron chi connectivity index (χ0n) is 33.3. The van der Waals surface area contributed by atoms with Gasteiger partial charge in [-0.3, -0.25) is 9.55 Å². The van der Waals surface area contributed by atoms with Crippen molar-refractivity contribution in [2.75, 3.05) is 0 Å². The van der Waals surface area contributed by atoms with Gasteiger partial charge >= 0.3 is 0 Å². The molecule has 0 aliphatic rings. The van der Waals surface area contributed by atoms with Crippen molar-refractivity contribution in [2.45, 2.75) is 65.7 Å². The Balaban J connectivity index is 0.00000496. The van der Waals surface area contributed by atoms with Crippen LogP contribution in [0.3, 0.4) is 0 Å². The van der Waals surface area contributed by atoms with Crippen LogP contribution in [0.4, 0.5) is 5.69 Å². The minimum Gasteiger partial charge on any atom is -0.507 e. The van der Waals surface area contributed by atoms with Crippen molar-refractivity contribution in [3.05, 3.63) is 162 Å². The number of hydrogen-bond acceptors (Lipinski definition) is 3. The average molecular weight is 925 g/mol. The van der Waals surface area contributed by atoms with Crippen molar-refractivity contribution < 1.29 is 26.2 Å². The van der Waals surface area contributed by atoms with Gasteiger partial charge in [0.05, 0.1) is 28.9 Å². The maximum Gasteiger partial charge on any atom is 0.182 e. The van der Waals surface area contributed by atoms with E-state index in [1.165, 1.54) is 11.1 Å². The molecule has 0 radical (unpaired) electrons. The van der Waals surface area contributed by atoms with Crippen LogP contribution in [-0.4, -0.2) is 19.6 Å². The summed E-state index contributed by atoms with van der Waals surface area (Å²) in [7, 11) is 0. The third-order valence-corrected chi connectivity index (χ3v) is 10.7. The van der Waals surface area contributed by atoms with E-state index in [-0.39, 0.29) is 44.1 Å². The van der Waals surface area contributed by atoms with Gasteiger partial charge < -0.3 is 5.11 Å². The molecule has 0 spiro atoms. The topological polar surface area (TPSA) is 55.3 Å². The van der Waals surface area contributed by atoms with Crippen molar-refractivity contribution in [1.29, 1.82) is 0 Å². The summed E-state index contributed by atoms with van der Waals surface area (Å²) in [6.07, 6.45) is 1.86. The fraction of sp³-hybridized carbons (Fsp3) is 0.196. The van der Waals surface area contributed by atoms with Gasteiger partial charge in [0, 0.05) is 38.3 Å². The molecule has 0 amide bonds. The maximum absolute atomic E-state index is 12.0. The van der Waals surface area contributed by atoms with E-state index in [9.17, 15) is 5.11 Å². The second kappa shape index (κ2) is 15.6. The molecule has 1 N–H and O–H groups in total. The first-order chi connectivity index (χ1) is 26.9. The molecule has 0 unspecified atom stereocenters. The van der Waals surface area contributed by atoms with Crippen LogP contribution in [0.25, 0.3) is 77.2 Å². The molecule has 0 bridgehead atoms. The summed E-state index contributed by atoms with van der Waals surface area (Å²) in [6.45, 7) is 23.8. The molecule has 2 heterocycles. The van der Waals surface area contributed by atoms with Gasteiger partial charge in [0.15, 0.2) is 5.69 Å². The number of phenols is 1. The average Bonchev–Trinajstić information content (AvgIpc) is 3.59. The zero-order valence-corrected chi connectivity index (χ0v) is 35.6. The quantitative estimate of drug-likeness (QED) is 0.162. The Morgan fingerprint density at radius 2 is 1.40 bits per heavy atom. The Bertz CT molecular complexity index is 2800. The summed E-state index contributed by atoms with van der Waals surface area (Å²) < 4.78 is 2.20. The monoisotopic (exact) mass is 924 g/mol. The van der Waals surface area contributed by atoms with Gasteiger partial charge in [0.25, 0.3) is 0 Å². The van der Waals surface area contributed by atoms with Gasteiger partial charge in [0.1, 0.15) is 11.6 Å². The van der Waals surface area contributed by atoms with Crippen molar-refractivity contribution in [1.82, 2.24) is 14.5 Å². The largest absolute Gasteiger partial charge is 0.507 e. The number of phenolic OH excluding ortho intramolecular Hbond substituents is 1. The second-order valence-corrected chi connectivity index (χ2v) is 16.3. The second-order valence-electron chi connectivity index (χ2n) is 16.3. The molecule has 6 aromatic carbocycles.